The van der Waals surface area contributed by atoms with Gasteiger partial charge in [0, 0.05) is 17.6 Å². The summed E-state index contributed by atoms with van der Waals surface area (Å²) in [6.07, 6.45) is 0.506. The Labute approximate surface area is 182 Å². The van der Waals surface area contributed by atoms with Gasteiger partial charge in [-0.2, -0.15) is 0 Å². The van der Waals surface area contributed by atoms with Crippen LogP contribution in [0.3, 0.4) is 0 Å². The minimum atomic E-state index is -1.30. The molecule has 1 aromatic carbocycles. The highest BCUT2D eigenvalue weighted by Gasteiger charge is 2.44. The Morgan fingerprint density at radius 2 is 1.77 bits per heavy atom. The average Bonchev–Trinajstić information content (AvgIpc) is 3.47. The van der Waals surface area contributed by atoms with Crippen molar-refractivity contribution in [3.05, 3.63) is 29.8 Å². The topological polar surface area (TPSA) is 128 Å². The molecule has 1 aliphatic rings. The molecule has 0 heterocycles. The summed E-state index contributed by atoms with van der Waals surface area (Å²) >= 11 is 0. The third-order valence-corrected chi connectivity index (χ3v) is 4.56. The first-order valence-corrected chi connectivity index (χ1v) is 10.5. The van der Waals surface area contributed by atoms with Crippen LogP contribution in [0.1, 0.15) is 59.1 Å². The van der Waals surface area contributed by atoms with E-state index in [9.17, 15) is 24.6 Å². The predicted molar refractivity (Wildman–Crippen MR) is 114 cm³/mol. The zero-order valence-electron chi connectivity index (χ0n) is 18.7. The van der Waals surface area contributed by atoms with E-state index in [0.29, 0.717) is 12.8 Å². The smallest absolute Gasteiger partial charge is 0.408 e. The molecule has 9 heteroatoms. The molecule has 2 unspecified atom stereocenters. The fraction of sp³-hybridized carbons (Fsp3) is 0.591. The molecule has 0 radical (unpaired) electrons. The Hall–Kier alpha value is -2.81. The second-order valence-electron chi connectivity index (χ2n) is 8.98. The summed E-state index contributed by atoms with van der Waals surface area (Å²) in [6, 6.07) is 3.48. The Morgan fingerprint density at radius 3 is 2.26 bits per heavy atom. The van der Waals surface area contributed by atoms with E-state index in [1.165, 1.54) is 11.0 Å². The summed E-state index contributed by atoms with van der Waals surface area (Å²) in [5, 5.41) is 25.4. The fourth-order valence-corrected chi connectivity index (χ4v) is 3.19. The number of hydrogen-bond donors (Lipinski definition) is 4. The normalized spacial score (nSPS) is 15.7. The van der Waals surface area contributed by atoms with Gasteiger partial charge in [0.1, 0.15) is 23.4 Å². The number of ether oxygens (including phenoxy) is 1. The highest BCUT2D eigenvalue weighted by molar-refractivity contribution is 5.93. The number of benzene rings is 1. The molecule has 1 aromatic rings. The van der Waals surface area contributed by atoms with Crippen LogP contribution in [-0.4, -0.2) is 63.4 Å². The maximum Gasteiger partial charge on any atom is 0.408 e. The van der Waals surface area contributed by atoms with E-state index in [1.807, 2.05) is 0 Å². The first kappa shape index (κ1) is 24.5. The number of phenols is 1. The molecule has 3 amide bonds. The molecule has 2 rings (SSSR count). The summed E-state index contributed by atoms with van der Waals surface area (Å²) in [5.41, 5.74) is -0.506. The van der Waals surface area contributed by atoms with Crippen molar-refractivity contribution in [1.82, 2.24) is 15.5 Å². The lowest BCUT2D eigenvalue weighted by Crippen LogP contribution is -2.55. The highest BCUT2D eigenvalue weighted by Crippen LogP contribution is 2.38. The van der Waals surface area contributed by atoms with Gasteiger partial charge in [-0.3, -0.25) is 9.59 Å². The van der Waals surface area contributed by atoms with Crippen LogP contribution in [-0.2, 0) is 14.3 Å². The van der Waals surface area contributed by atoms with Gasteiger partial charge in [-0.05, 0) is 53.5 Å². The van der Waals surface area contributed by atoms with Crippen molar-refractivity contribution in [2.75, 3.05) is 6.61 Å². The van der Waals surface area contributed by atoms with Gasteiger partial charge in [0.15, 0.2) is 0 Å². The number of nitrogens with zero attached hydrogens (tertiary/aromatic N) is 1. The van der Waals surface area contributed by atoms with Gasteiger partial charge >= 0.3 is 6.09 Å². The van der Waals surface area contributed by atoms with E-state index in [4.69, 9.17) is 4.74 Å². The zero-order chi connectivity index (χ0) is 23.3. The Balaban J connectivity index is 2.38. The van der Waals surface area contributed by atoms with E-state index < -0.39 is 42.2 Å². The minimum Gasteiger partial charge on any atom is -0.508 e. The number of carbonyl (C=O) groups is 3. The molecule has 1 fully saturated rings. The van der Waals surface area contributed by atoms with Crippen molar-refractivity contribution in [2.24, 2.45) is 0 Å². The molecule has 2 atom stereocenters. The maximum absolute atomic E-state index is 13.4. The van der Waals surface area contributed by atoms with Gasteiger partial charge in [0.05, 0.1) is 6.61 Å². The molecule has 0 bridgehead atoms. The lowest BCUT2D eigenvalue weighted by atomic mass is 10.0. The number of alkyl carbamates (subject to hydrolysis) is 1. The van der Waals surface area contributed by atoms with Crippen LogP contribution in [0.2, 0.25) is 0 Å². The summed E-state index contributed by atoms with van der Waals surface area (Å²) in [7, 11) is 0. The third kappa shape index (κ3) is 6.85. The van der Waals surface area contributed by atoms with Gasteiger partial charge in [-0.1, -0.05) is 18.2 Å². The molecule has 1 saturated carbocycles. The van der Waals surface area contributed by atoms with Gasteiger partial charge in [-0.25, -0.2) is 4.79 Å². The third-order valence-electron chi connectivity index (χ3n) is 4.56. The molecule has 4 N–H and O–H groups in total. The van der Waals surface area contributed by atoms with Crippen LogP contribution in [0.4, 0.5) is 4.79 Å². The first-order valence-electron chi connectivity index (χ1n) is 10.5. The van der Waals surface area contributed by atoms with E-state index >= 15 is 0 Å². The number of aliphatic hydroxyl groups is 1. The molecule has 0 aliphatic heterocycles. The molecule has 31 heavy (non-hydrogen) atoms. The SMILES string of the molecule is CC(C)NC(=O)C(c1ccccc1O)N(C(=O)C(CO)NC(=O)OC(C)(C)C)C1CC1. The van der Waals surface area contributed by atoms with Crippen LogP contribution < -0.4 is 10.6 Å². The van der Waals surface area contributed by atoms with Crippen LogP contribution in [0.25, 0.3) is 0 Å². The molecule has 0 aromatic heterocycles. The quantitative estimate of drug-likeness (QED) is 0.493. The van der Waals surface area contributed by atoms with E-state index in [-0.39, 0.29) is 23.4 Å². The molecule has 1 aliphatic carbocycles. The van der Waals surface area contributed by atoms with Gasteiger partial charge in [-0.15, -0.1) is 0 Å². The van der Waals surface area contributed by atoms with Crippen LogP contribution in [0.5, 0.6) is 5.75 Å². The molecular formula is C22H33N3O6. The van der Waals surface area contributed by atoms with Crippen molar-refractivity contribution in [3.8, 4) is 5.75 Å². The van der Waals surface area contributed by atoms with Crippen molar-refractivity contribution in [1.29, 1.82) is 0 Å². The zero-order valence-corrected chi connectivity index (χ0v) is 18.7. The van der Waals surface area contributed by atoms with Gasteiger partial charge in [0.2, 0.25) is 11.8 Å². The number of aromatic hydroxyl groups is 1. The van der Waals surface area contributed by atoms with Crippen molar-refractivity contribution >= 4 is 17.9 Å². The second kappa shape index (κ2) is 10.00. The lowest BCUT2D eigenvalue weighted by molar-refractivity contribution is -0.144. The summed E-state index contributed by atoms with van der Waals surface area (Å²) < 4.78 is 5.19. The van der Waals surface area contributed by atoms with E-state index in [0.717, 1.165) is 0 Å². The number of phenolic OH excluding ortho intramolecular Hbond substituents is 1. The Kier molecular flexibility index (Phi) is 7.89. The molecule has 0 spiro atoms. The van der Waals surface area contributed by atoms with Gasteiger partial charge < -0.3 is 30.5 Å². The van der Waals surface area contributed by atoms with Crippen molar-refractivity contribution in [3.63, 3.8) is 0 Å². The van der Waals surface area contributed by atoms with E-state index in [2.05, 4.69) is 10.6 Å². The number of aliphatic hydroxyl groups excluding tert-OH is 1. The summed E-state index contributed by atoms with van der Waals surface area (Å²) in [6.45, 7) is 7.98. The average molecular weight is 436 g/mol. The largest absolute Gasteiger partial charge is 0.508 e. The summed E-state index contributed by atoms with van der Waals surface area (Å²) in [4.78, 5) is 40.1. The number of para-hydroxylation sites is 1. The second-order valence-corrected chi connectivity index (χ2v) is 8.98. The van der Waals surface area contributed by atoms with Crippen LogP contribution in [0.15, 0.2) is 24.3 Å². The number of rotatable bonds is 8. The molecular weight excluding hydrogens is 402 g/mol. The number of hydrogen-bond acceptors (Lipinski definition) is 6. The predicted octanol–water partition coefficient (Wildman–Crippen LogP) is 1.83. The maximum atomic E-state index is 13.4. The Morgan fingerprint density at radius 1 is 1.16 bits per heavy atom. The van der Waals surface area contributed by atoms with Crippen LogP contribution >= 0.6 is 0 Å². The number of nitrogens with one attached hydrogen (secondary N) is 2. The van der Waals surface area contributed by atoms with Gasteiger partial charge in [0.25, 0.3) is 0 Å². The standard InChI is InChI=1S/C22H33N3O6/c1-13(2)23-19(28)18(15-8-6-7-9-17(15)27)25(14-10-11-14)20(29)16(12-26)24-21(30)31-22(3,4)5/h6-9,13-14,16,18,26-27H,10-12H2,1-5H3,(H,23,28)(H,24,30). The molecule has 172 valence electrons. The lowest BCUT2D eigenvalue weighted by Gasteiger charge is -2.34. The molecule has 0 saturated heterocycles. The van der Waals surface area contributed by atoms with E-state index in [1.54, 1.807) is 52.8 Å². The molecule has 9 nitrogen and oxygen atoms in total. The Bertz CT molecular complexity index is 801. The first-order chi connectivity index (χ1) is 14.4. The van der Waals surface area contributed by atoms with Crippen LogP contribution in [0, 0.1) is 0 Å². The summed E-state index contributed by atoms with van der Waals surface area (Å²) in [5.74, 6) is -1.20. The van der Waals surface area contributed by atoms with Crippen molar-refractivity contribution in [2.45, 2.75) is 77.2 Å². The van der Waals surface area contributed by atoms with Crippen molar-refractivity contribution < 1.29 is 29.3 Å². The minimum absolute atomic E-state index is 0.120. The number of amides is 3. The number of carbonyl (C=O) groups excluding carboxylic acids is 3. The monoisotopic (exact) mass is 435 g/mol. The highest BCUT2D eigenvalue weighted by atomic mass is 16.6. The fourth-order valence-electron chi connectivity index (χ4n) is 3.19.